The Bertz CT molecular complexity index is 327. The van der Waals surface area contributed by atoms with Crippen LogP contribution in [0.1, 0.15) is 0 Å². The third-order valence-corrected chi connectivity index (χ3v) is 3.01. The van der Waals surface area contributed by atoms with E-state index in [4.69, 9.17) is 0 Å². The maximum Gasteiger partial charge on any atom is 0.344 e. The Morgan fingerprint density at radius 2 is 2.10 bits per heavy atom. The van der Waals surface area contributed by atoms with E-state index in [9.17, 15) is 16.7 Å². The van der Waals surface area contributed by atoms with E-state index in [1.807, 2.05) is 0 Å². The van der Waals surface area contributed by atoms with Crippen molar-refractivity contribution in [1.82, 2.24) is 0 Å². The molecule has 0 aromatic carbocycles. The molecule has 0 N–H and O–H groups in total. The van der Waals surface area contributed by atoms with E-state index in [-0.39, 0.29) is 0 Å². The Morgan fingerprint density at radius 3 is 2.30 bits per heavy atom. The van der Waals surface area contributed by atoms with Gasteiger partial charge in [-0.25, -0.2) is 4.39 Å². The molecule has 0 spiro atoms. The fourth-order valence-electron chi connectivity index (χ4n) is 0.454. The van der Waals surface area contributed by atoms with E-state index in [0.29, 0.717) is 11.3 Å². The van der Waals surface area contributed by atoms with Gasteiger partial charge in [0.15, 0.2) is 10.0 Å². The van der Waals surface area contributed by atoms with Crippen LogP contribution in [0.5, 0.6) is 0 Å². The SMILES string of the molecule is O=S(=O)(F)c1sccc1F. The summed E-state index contributed by atoms with van der Waals surface area (Å²) >= 11 is 0.519. The van der Waals surface area contributed by atoms with E-state index >= 15 is 0 Å². The quantitative estimate of drug-likeness (QED) is 0.620. The predicted molar refractivity (Wildman–Crippen MR) is 32.6 cm³/mol. The summed E-state index contributed by atoms with van der Waals surface area (Å²) in [6, 6.07) is 0.900. The lowest BCUT2D eigenvalue weighted by atomic mass is 10.6. The van der Waals surface area contributed by atoms with E-state index in [0.717, 1.165) is 6.07 Å². The Balaban J connectivity index is 3.32. The molecule has 1 aromatic heterocycles. The van der Waals surface area contributed by atoms with Crippen LogP contribution in [-0.2, 0) is 10.2 Å². The molecule has 0 atom stereocenters. The van der Waals surface area contributed by atoms with Gasteiger partial charge in [0.05, 0.1) is 0 Å². The molecule has 6 heteroatoms. The molecule has 0 aliphatic rings. The highest BCUT2D eigenvalue weighted by Crippen LogP contribution is 2.22. The molecule has 1 heterocycles. The number of rotatable bonds is 1. The largest absolute Gasteiger partial charge is 0.344 e. The molecule has 0 radical (unpaired) electrons. The second kappa shape index (κ2) is 2.28. The molecule has 1 aromatic rings. The van der Waals surface area contributed by atoms with Crippen molar-refractivity contribution in [1.29, 1.82) is 0 Å². The minimum Gasteiger partial charge on any atom is -0.205 e. The number of hydrogen-bond donors (Lipinski definition) is 0. The molecule has 1 rings (SSSR count). The van der Waals surface area contributed by atoms with Gasteiger partial charge in [0, 0.05) is 0 Å². The van der Waals surface area contributed by atoms with Crippen LogP contribution in [0.2, 0.25) is 0 Å². The van der Waals surface area contributed by atoms with Crippen LogP contribution in [0.25, 0.3) is 0 Å². The standard InChI is InChI=1S/C4H2F2O2S2/c5-3-1-2-9-4(3)10(6,7)8/h1-2H. The highest BCUT2D eigenvalue weighted by atomic mass is 32.3. The molecule has 0 saturated heterocycles. The van der Waals surface area contributed by atoms with Crippen LogP contribution >= 0.6 is 11.3 Å². The van der Waals surface area contributed by atoms with Crippen molar-refractivity contribution in [2.24, 2.45) is 0 Å². The lowest BCUT2D eigenvalue weighted by Crippen LogP contribution is -1.89. The van der Waals surface area contributed by atoms with Crippen LogP contribution in [0.4, 0.5) is 8.28 Å². The Kier molecular flexibility index (Phi) is 1.74. The summed E-state index contributed by atoms with van der Waals surface area (Å²) < 4.78 is 43.4. The third kappa shape index (κ3) is 1.32. The first-order valence-corrected chi connectivity index (χ1v) is 4.46. The molecule has 10 heavy (non-hydrogen) atoms. The van der Waals surface area contributed by atoms with Gasteiger partial charge in [0.1, 0.15) is 0 Å². The van der Waals surface area contributed by atoms with Gasteiger partial charge < -0.3 is 0 Å². The molecule has 0 aliphatic heterocycles. The van der Waals surface area contributed by atoms with Gasteiger partial charge in [-0.3, -0.25) is 0 Å². The lowest BCUT2D eigenvalue weighted by molar-refractivity contribution is 0.540. The fraction of sp³-hybridized carbons (Fsp3) is 0. The maximum absolute atomic E-state index is 12.2. The smallest absolute Gasteiger partial charge is 0.205 e. The van der Waals surface area contributed by atoms with Crippen LogP contribution in [0, 0.1) is 5.82 Å². The van der Waals surface area contributed by atoms with Crippen LogP contribution < -0.4 is 0 Å². The van der Waals surface area contributed by atoms with Gasteiger partial charge >= 0.3 is 10.2 Å². The van der Waals surface area contributed by atoms with Crippen molar-refractivity contribution in [2.75, 3.05) is 0 Å². The van der Waals surface area contributed by atoms with Gasteiger partial charge in [-0.05, 0) is 11.4 Å². The van der Waals surface area contributed by atoms with Gasteiger partial charge in [0.2, 0.25) is 0 Å². The molecule has 0 unspecified atom stereocenters. The van der Waals surface area contributed by atoms with E-state index in [1.165, 1.54) is 5.38 Å². The fourth-order valence-corrected chi connectivity index (χ4v) is 1.87. The topological polar surface area (TPSA) is 34.1 Å². The molecular weight excluding hydrogens is 182 g/mol. The second-order valence-electron chi connectivity index (χ2n) is 1.49. The van der Waals surface area contributed by atoms with Gasteiger partial charge in [-0.15, -0.1) is 11.3 Å². The molecule has 0 fully saturated rings. The first-order chi connectivity index (χ1) is 4.52. The minimum absolute atomic E-state index is 0.519. The molecular formula is C4H2F2O2S2. The van der Waals surface area contributed by atoms with E-state index in [1.54, 1.807) is 0 Å². The Labute approximate surface area is 60.3 Å². The number of halogens is 2. The molecule has 0 bridgehead atoms. The Morgan fingerprint density at radius 1 is 1.50 bits per heavy atom. The zero-order valence-electron chi connectivity index (χ0n) is 4.54. The number of hydrogen-bond acceptors (Lipinski definition) is 3. The highest BCUT2D eigenvalue weighted by Gasteiger charge is 2.18. The molecule has 2 nitrogen and oxygen atoms in total. The summed E-state index contributed by atoms with van der Waals surface area (Å²) in [6.45, 7) is 0. The normalized spacial score (nSPS) is 11.8. The first kappa shape index (κ1) is 7.62. The van der Waals surface area contributed by atoms with Crippen molar-refractivity contribution in [3.05, 3.63) is 17.3 Å². The summed E-state index contributed by atoms with van der Waals surface area (Å²) in [5, 5.41) is 1.17. The monoisotopic (exact) mass is 184 g/mol. The van der Waals surface area contributed by atoms with Crippen molar-refractivity contribution >= 4 is 21.6 Å². The predicted octanol–water partition coefficient (Wildman–Crippen LogP) is 1.55. The highest BCUT2D eigenvalue weighted by molar-refractivity contribution is 7.88. The van der Waals surface area contributed by atoms with Crippen LogP contribution in [0.3, 0.4) is 0 Å². The van der Waals surface area contributed by atoms with Crippen LogP contribution in [0.15, 0.2) is 15.7 Å². The summed E-state index contributed by atoms with van der Waals surface area (Å²) in [4.78, 5) is 0. The van der Waals surface area contributed by atoms with Crippen molar-refractivity contribution < 1.29 is 16.7 Å². The number of thiophene rings is 1. The average Bonchev–Trinajstić information content (AvgIpc) is 2.11. The zero-order chi connectivity index (χ0) is 7.78. The van der Waals surface area contributed by atoms with E-state index in [2.05, 4.69) is 0 Å². The maximum atomic E-state index is 12.2. The average molecular weight is 184 g/mol. The summed E-state index contributed by atoms with van der Waals surface area (Å²) in [5.74, 6) is -1.03. The molecule has 0 saturated carbocycles. The van der Waals surface area contributed by atoms with E-state index < -0.39 is 20.2 Å². The third-order valence-electron chi connectivity index (χ3n) is 0.806. The molecule has 0 aliphatic carbocycles. The van der Waals surface area contributed by atoms with Gasteiger partial charge in [-0.2, -0.15) is 8.42 Å². The zero-order valence-corrected chi connectivity index (χ0v) is 6.18. The summed E-state index contributed by atoms with van der Waals surface area (Å²) in [6.07, 6.45) is 0. The summed E-state index contributed by atoms with van der Waals surface area (Å²) in [7, 11) is -4.85. The van der Waals surface area contributed by atoms with Gasteiger partial charge in [-0.1, -0.05) is 3.89 Å². The van der Waals surface area contributed by atoms with Crippen molar-refractivity contribution in [2.45, 2.75) is 4.21 Å². The Hall–Kier alpha value is -0.490. The minimum atomic E-state index is -4.85. The first-order valence-electron chi connectivity index (χ1n) is 2.19. The molecule has 56 valence electrons. The van der Waals surface area contributed by atoms with Crippen molar-refractivity contribution in [3.63, 3.8) is 0 Å². The molecule has 0 amide bonds. The van der Waals surface area contributed by atoms with Gasteiger partial charge in [0.25, 0.3) is 0 Å². The lowest BCUT2D eigenvalue weighted by Gasteiger charge is -1.84. The van der Waals surface area contributed by atoms with Crippen LogP contribution in [-0.4, -0.2) is 8.42 Å². The van der Waals surface area contributed by atoms with Crippen molar-refractivity contribution in [3.8, 4) is 0 Å². The summed E-state index contributed by atoms with van der Waals surface area (Å²) in [5.41, 5.74) is 0. The second-order valence-corrected chi connectivity index (χ2v) is 3.95.